The van der Waals surface area contributed by atoms with Crippen LogP contribution in [0, 0.1) is 24.6 Å². The zero-order chi connectivity index (χ0) is 11.1. The van der Waals surface area contributed by atoms with Gasteiger partial charge in [0, 0.05) is 12.8 Å². The van der Waals surface area contributed by atoms with Crippen LogP contribution in [0.15, 0.2) is 18.2 Å². The molecule has 1 heteroatoms. The summed E-state index contributed by atoms with van der Waals surface area (Å²) < 4.78 is 13.0. The van der Waals surface area contributed by atoms with E-state index in [2.05, 4.69) is 18.8 Å². The highest BCUT2D eigenvalue weighted by atomic mass is 19.1. The molecular formula is C14H17F. The lowest BCUT2D eigenvalue weighted by Gasteiger charge is -2.00. The highest BCUT2D eigenvalue weighted by Crippen LogP contribution is 2.10. The fourth-order valence-corrected chi connectivity index (χ4v) is 1.37. The molecule has 0 amide bonds. The second-order valence-corrected chi connectivity index (χ2v) is 3.69. The summed E-state index contributed by atoms with van der Waals surface area (Å²) in [6, 6.07) is 5.27. The zero-order valence-corrected chi connectivity index (χ0v) is 9.44. The Bertz CT molecular complexity index is 369. The molecular weight excluding hydrogens is 187 g/mol. The summed E-state index contributed by atoms with van der Waals surface area (Å²) >= 11 is 0. The Morgan fingerprint density at radius 2 is 1.93 bits per heavy atom. The maximum absolute atomic E-state index is 13.0. The number of hydrogen-bond acceptors (Lipinski definition) is 0. The van der Waals surface area contributed by atoms with Gasteiger partial charge < -0.3 is 0 Å². The zero-order valence-electron chi connectivity index (χ0n) is 9.44. The third-order valence-corrected chi connectivity index (χ3v) is 2.26. The third-order valence-electron chi connectivity index (χ3n) is 2.26. The van der Waals surface area contributed by atoms with E-state index in [1.165, 1.54) is 11.6 Å². The molecule has 0 aromatic heterocycles. The van der Waals surface area contributed by atoms with Crippen LogP contribution in [0.1, 0.15) is 37.3 Å². The minimum Gasteiger partial charge on any atom is -0.207 e. The van der Waals surface area contributed by atoms with Crippen LogP contribution in [-0.2, 0) is 6.42 Å². The number of aryl methyl sites for hydroxylation is 2. The van der Waals surface area contributed by atoms with Crippen LogP contribution in [0.2, 0.25) is 0 Å². The lowest BCUT2D eigenvalue weighted by atomic mass is 10.1. The minimum atomic E-state index is -0.129. The molecule has 0 aliphatic heterocycles. The Labute approximate surface area is 91.5 Å². The van der Waals surface area contributed by atoms with Crippen molar-refractivity contribution in [2.24, 2.45) is 0 Å². The van der Waals surface area contributed by atoms with Crippen molar-refractivity contribution in [3.05, 3.63) is 35.1 Å². The largest absolute Gasteiger partial charge is 0.207 e. The van der Waals surface area contributed by atoms with Gasteiger partial charge in [-0.3, -0.25) is 0 Å². The Hall–Kier alpha value is -1.29. The second kappa shape index (κ2) is 6.24. The van der Waals surface area contributed by atoms with Crippen molar-refractivity contribution in [1.82, 2.24) is 0 Å². The lowest BCUT2D eigenvalue weighted by Crippen LogP contribution is -1.88. The smallest absolute Gasteiger partial charge is 0.126 e. The molecule has 0 nitrogen and oxygen atoms in total. The summed E-state index contributed by atoms with van der Waals surface area (Å²) in [5, 5.41) is 0. The van der Waals surface area contributed by atoms with Crippen LogP contribution < -0.4 is 0 Å². The average Bonchev–Trinajstić information content (AvgIpc) is 2.23. The van der Waals surface area contributed by atoms with Gasteiger partial charge in [0.1, 0.15) is 5.82 Å². The van der Waals surface area contributed by atoms with Gasteiger partial charge in [-0.15, -0.1) is 11.8 Å². The molecule has 0 atom stereocenters. The topological polar surface area (TPSA) is 0 Å². The predicted molar refractivity (Wildman–Crippen MR) is 62.1 cm³/mol. The molecule has 0 heterocycles. The van der Waals surface area contributed by atoms with Crippen molar-refractivity contribution < 1.29 is 4.39 Å². The van der Waals surface area contributed by atoms with Crippen LogP contribution in [0.3, 0.4) is 0 Å². The summed E-state index contributed by atoms with van der Waals surface area (Å²) in [5.74, 6) is 6.10. The summed E-state index contributed by atoms with van der Waals surface area (Å²) in [6.45, 7) is 3.92. The van der Waals surface area contributed by atoms with Crippen molar-refractivity contribution >= 4 is 0 Å². The first-order valence-electron chi connectivity index (χ1n) is 5.44. The summed E-state index contributed by atoms with van der Waals surface area (Å²) in [5.41, 5.74) is 1.88. The number of halogens is 1. The van der Waals surface area contributed by atoms with Crippen molar-refractivity contribution in [1.29, 1.82) is 0 Å². The number of unbranched alkanes of at least 4 members (excludes halogenated alkanes) is 1. The molecule has 0 aliphatic rings. The van der Waals surface area contributed by atoms with E-state index in [9.17, 15) is 4.39 Å². The monoisotopic (exact) mass is 204 g/mol. The van der Waals surface area contributed by atoms with Crippen molar-refractivity contribution in [3.8, 4) is 11.8 Å². The molecule has 1 rings (SSSR count). The number of hydrogen-bond donors (Lipinski definition) is 0. The van der Waals surface area contributed by atoms with E-state index in [1.54, 1.807) is 6.92 Å². The standard InChI is InChI=1S/C14H17F/c1-3-4-5-6-7-8-13-9-10-14(15)12(2)11-13/h9-11H,3-4,7-8H2,1-2H3. The number of rotatable bonds is 3. The van der Waals surface area contributed by atoms with Crippen LogP contribution in [0.25, 0.3) is 0 Å². The Morgan fingerprint density at radius 3 is 2.60 bits per heavy atom. The van der Waals surface area contributed by atoms with E-state index in [0.29, 0.717) is 5.56 Å². The van der Waals surface area contributed by atoms with E-state index < -0.39 is 0 Å². The fourth-order valence-electron chi connectivity index (χ4n) is 1.37. The number of benzene rings is 1. The first kappa shape index (κ1) is 11.8. The molecule has 0 aliphatic carbocycles. The first-order valence-corrected chi connectivity index (χ1v) is 5.44. The van der Waals surface area contributed by atoms with Crippen LogP contribution in [0.5, 0.6) is 0 Å². The van der Waals surface area contributed by atoms with Gasteiger partial charge in [0.2, 0.25) is 0 Å². The van der Waals surface area contributed by atoms with E-state index >= 15 is 0 Å². The van der Waals surface area contributed by atoms with Gasteiger partial charge in [0.05, 0.1) is 0 Å². The van der Waals surface area contributed by atoms with Crippen LogP contribution in [0.4, 0.5) is 4.39 Å². The molecule has 0 spiro atoms. The van der Waals surface area contributed by atoms with E-state index in [-0.39, 0.29) is 5.82 Å². The molecule has 0 bridgehead atoms. The normalized spacial score (nSPS) is 9.53. The second-order valence-electron chi connectivity index (χ2n) is 3.69. The fraction of sp³-hybridized carbons (Fsp3) is 0.429. The molecule has 80 valence electrons. The first-order chi connectivity index (χ1) is 7.24. The predicted octanol–water partition coefficient (Wildman–Crippen LogP) is 3.87. The molecule has 0 N–H and O–H groups in total. The summed E-state index contributed by atoms with van der Waals surface area (Å²) in [4.78, 5) is 0. The quantitative estimate of drug-likeness (QED) is 0.656. The Kier molecular flexibility index (Phi) is 4.90. The average molecular weight is 204 g/mol. The summed E-state index contributed by atoms with van der Waals surface area (Å²) in [6.07, 6.45) is 3.87. The maximum atomic E-state index is 13.0. The molecule has 0 saturated carbocycles. The van der Waals surface area contributed by atoms with Gasteiger partial charge in [-0.2, -0.15) is 0 Å². The summed E-state index contributed by atoms with van der Waals surface area (Å²) in [7, 11) is 0. The van der Waals surface area contributed by atoms with E-state index in [4.69, 9.17) is 0 Å². The maximum Gasteiger partial charge on any atom is 0.126 e. The molecule has 1 aromatic carbocycles. The molecule has 0 radical (unpaired) electrons. The highest BCUT2D eigenvalue weighted by Gasteiger charge is 1.97. The van der Waals surface area contributed by atoms with Gasteiger partial charge >= 0.3 is 0 Å². The molecule has 0 fully saturated rings. The Morgan fingerprint density at radius 1 is 1.20 bits per heavy atom. The van der Waals surface area contributed by atoms with Gasteiger partial charge in [-0.1, -0.05) is 19.1 Å². The third kappa shape index (κ3) is 4.16. The van der Waals surface area contributed by atoms with Crippen LogP contribution in [-0.4, -0.2) is 0 Å². The van der Waals surface area contributed by atoms with Gasteiger partial charge in [0.25, 0.3) is 0 Å². The van der Waals surface area contributed by atoms with Crippen molar-refractivity contribution in [2.75, 3.05) is 0 Å². The molecule has 0 saturated heterocycles. The van der Waals surface area contributed by atoms with Crippen molar-refractivity contribution in [2.45, 2.75) is 39.5 Å². The van der Waals surface area contributed by atoms with E-state index in [0.717, 1.165) is 25.7 Å². The van der Waals surface area contributed by atoms with Gasteiger partial charge in [-0.25, -0.2) is 4.39 Å². The van der Waals surface area contributed by atoms with Crippen molar-refractivity contribution in [3.63, 3.8) is 0 Å². The molecule has 0 unspecified atom stereocenters. The van der Waals surface area contributed by atoms with Gasteiger partial charge in [-0.05, 0) is 37.0 Å². The highest BCUT2D eigenvalue weighted by molar-refractivity contribution is 5.24. The molecule has 1 aromatic rings. The molecule has 15 heavy (non-hydrogen) atoms. The SMILES string of the molecule is CCCC#CCCc1ccc(F)c(C)c1. The minimum absolute atomic E-state index is 0.129. The van der Waals surface area contributed by atoms with Gasteiger partial charge in [0.15, 0.2) is 0 Å². The van der Waals surface area contributed by atoms with E-state index in [1.807, 2.05) is 12.1 Å². The van der Waals surface area contributed by atoms with Crippen LogP contribution >= 0.6 is 0 Å². The lowest BCUT2D eigenvalue weighted by molar-refractivity contribution is 0.617. The Balaban J connectivity index is 2.45.